The Labute approximate surface area is 117 Å². The number of carbonyl (C=O) groups excluding carboxylic acids is 1. The number of carbonyl (C=O) groups is 1. The standard InChI is InChI=1S/C14H18N2O4/c17-13-6-11-9-19-14(18)16(11)7-12(13)15-20-8-10-4-2-1-3-5-10/h1-5,11-13,15,17H,6-9H2/t11-,12-,13+/m0/s1. The molecule has 6 heteroatoms. The number of nitrogens with one attached hydrogen (secondary N) is 1. The van der Waals surface area contributed by atoms with Gasteiger partial charge >= 0.3 is 6.09 Å². The van der Waals surface area contributed by atoms with Gasteiger partial charge < -0.3 is 9.84 Å². The molecule has 3 atom stereocenters. The van der Waals surface area contributed by atoms with Crippen molar-refractivity contribution >= 4 is 6.09 Å². The number of cyclic esters (lactones) is 1. The molecule has 3 rings (SSSR count). The minimum absolute atomic E-state index is 0.00956. The molecule has 2 saturated heterocycles. The van der Waals surface area contributed by atoms with Gasteiger partial charge in [0.1, 0.15) is 6.61 Å². The highest BCUT2D eigenvalue weighted by Crippen LogP contribution is 2.24. The number of hydroxylamine groups is 1. The van der Waals surface area contributed by atoms with Crippen LogP contribution in [0.15, 0.2) is 30.3 Å². The molecule has 2 heterocycles. The molecule has 1 aromatic carbocycles. The van der Waals surface area contributed by atoms with E-state index >= 15 is 0 Å². The first-order chi connectivity index (χ1) is 9.74. The van der Waals surface area contributed by atoms with E-state index in [1.54, 1.807) is 4.90 Å². The Morgan fingerprint density at radius 1 is 1.40 bits per heavy atom. The van der Waals surface area contributed by atoms with E-state index < -0.39 is 6.10 Å². The molecule has 2 aliphatic heterocycles. The van der Waals surface area contributed by atoms with Crippen molar-refractivity contribution in [3.63, 3.8) is 0 Å². The second-order valence-electron chi connectivity index (χ2n) is 5.18. The fourth-order valence-electron chi connectivity index (χ4n) is 2.61. The zero-order valence-electron chi connectivity index (χ0n) is 11.1. The van der Waals surface area contributed by atoms with Crippen LogP contribution in [0.4, 0.5) is 4.79 Å². The van der Waals surface area contributed by atoms with Crippen LogP contribution in [-0.4, -0.2) is 47.4 Å². The lowest BCUT2D eigenvalue weighted by Gasteiger charge is -2.36. The van der Waals surface area contributed by atoms with E-state index in [1.165, 1.54) is 0 Å². The van der Waals surface area contributed by atoms with Crippen LogP contribution >= 0.6 is 0 Å². The predicted molar refractivity (Wildman–Crippen MR) is 70.6 cm³/mol. The Hall–Kier alpha value is -1.63. The second-order valence-corrected chi connectivity index (χ2v) is 5.18. The number of rotatable bonds is 4. The van der Waals surface area contributed by atoms with Crippen LogP contribution in [0.1, 0.15) is 12.0 Å². The van der Waals surface area contributed by atoms with Crippen molar-refractivity contribution in [3.05, 3.63) is 35.9 Å². The van der Waals surface area contributed by atoms with Crippen molar-refractivity contribution in [1.29, 1.82) is 0 Å². The maximum Gasteiger partial charge on any atom is 0.410 e. The summed E-state index contributed by atoms with van der Waals surface area (Å²) >= 11 is 0. The number of aliphatic hydroxyl groups excluding tert-OH is 1. The smallest absolute Gasteiger partial charge is 0.410 e. The Balaban J connectivity index is 1.51. The SMILES string of the molecule is O=C1OC[C@@H]2C[C@@H](O)[C@@H](NOCc3ccccc3)CN12. The fraction of sp³-hybridized carbons (Fsp3) is 0.500. The molecule has 2 aliphatic rings. The number of hydrogen-bond acceptors (Lipinski definition) is 5. The molecule has 0 radical (unpaired) electrons. The summed E-state index contributed by atoms with van der Waals surface area (Å²) in [5, 5.41) is 10.1. The topological polar surface area (TPSA) is 71.0 Å². The van der Waals surface area contributed by atoms with Gasteiger partial charge in [0.2, 0.25) is 0 Å². The van der Waals surface area contributed by atoms with Crippen molar-refractivity contribution < 1.29 is 19.5 Å². The number of nitrogens with zero attached hydrogens (tertiary/aromatic N) is 1. The zero-order valence-corrected chi connectivity index (χ0v) is 11.1. The van der Waals surface area contributed by atoms with E-state index in [2.05, 4.69) is 5.48 Å². The van der Waals surface area contributed by atoms with Gasteiger partial charge in [-0.15, -0.1) is 0 Å². The van der Waals surface area contributed by atoms with Gasteiger partial charge in [0, 0.05) is 6.54 Å². The van der Waals surface area contributed by atoms with Crippen molar-refractivity contribution in [1.82, 2.24) is 10.4 Å². The van der Waals surface area contributed by atoms with Gasteiger partial charge in [0.05, 0.1) is 24.8 Å². The Morgan fingerprint density at radius 3 is 3.00 bits per heavy atom. The van der Waals surface area contributed by atoms with Gasteiger partial charge in [-0.3, -0.25) is 9.74 Å². The molecule has 108 valence electrons. The number of amides is 1. The maximum atomic E-state index is 11.5. The highest BCUT2D eigenvalue weighted by Gasteiger charge is 2.42. The second kappa shape index (κ2) is 5.78. The molecule has 0 unspecified atom stereocenters. The van der Waals surface area contributed by atoms with Crippen LogP contribution in [0.3, 0.4) is 0 Å². The van der Waals surface area contributed by atoms with E-state index in [4.69, 9.17) is 9.57 Å². The molecule has 0 saturated carbocycles. The predicted octanol–water partition coefficient (Wildman–Crippen LogP) is 0.662. The third-order valence-electron chi connectivity index (χ3n) is 3.76. The summed E-state index contributed by atoms with van der Waals surface area (Å²) in [5.74, 6) is 0. The number of hydrogen-bond donors (Lipinski definition) is 2. The number of fused-ring (bicyclic) bond motifs is 1. The molecule has 0 spiro atoms. The van der Waals surface area contributed by atoms with Crippen LogP contribution < -0.4 is 5.48 Å². The summed E-state index contributed by atoms with van der Waals surface area (Å²) in [6.45, 7) is 1.19. The fourth-order valence-corrected chi connectivity index (χ4v) is 2.61. The monoisotopic (exact) mass is 278 g/mol. The van der Waals surface area contributed by atoms with Crippen LogP contribution in [0.5, 0.6) is 0 Å². The molecule has 20 heavy (non-hydrogen) atoms. The van der Waals surface area contributed by atoms with Crippen LogP contribution in [0.25, 0.3) is 0 Å². The van der Waals surface area contributed by atoms with Crippen molar-refractivity contribution in [2.24, 2.45) is 0 Å². The molecule has 2 fully saturated rings. The van der Waals surface area contributed by atoms with E-state index in [1.807, 2.05) is 30.3 Å². The number of benzene rings is 1. The molecular formula is C14H18N2O4. The lowest BCUT2D eigenvalue weighted by atomic mass is 9.97. The maximum absolute atomic E-state index is 11.5. The van der Waals surface area contributed by atoms with Gasteiger partial charge in [-0.05, 0) is 12.0 Å². The first-order valence-electron chi connectivity index (χ1n) is 6.77. The first kappa shape index (κ1) is 13.4. The Kier molecular flexibility index (Phi) is 3.86. The van der Waals surface area contributed by atoms with Gasteiger partial charge in [-0.2, -0.15) is 5.48 Å². The molecule has 1 aromatic rings. The minimum atomic E-state index is -0.540. The van der Waals surface area contributed by atoms with E-state index in [0.29, 0.717) is 26.2 Å². The van der Waals surface area contributed by atoms with Crippen LogP contribution in [0.2, 0.25) is 0 Å². The van der Waals surface area contributed by atoms with E-state index in [-0.39, 0.29) is 18.2 Å². The summed E-state index contributed by atoms with van der Waals surface area (Å²) < 4.78 is 4.98. The Morgan fingerprint density at radius 2 is 2.20 bits per heavy atom. The molecule has 0 bridgehead atoms. The number of ether oxygens (including phenoxy) is 1. The average Bonchev–Trinajstić information content (AvgIpc) is 2.81. The molecule has 1 amide bonds. The quantitative estimate of drug-likeness (QED) is 0.792. The molecule has 2 N–H and O–H groups in total. The summed E-state index contributed by atoms with van der Waals surface area (Å²) in [6.07, 6.45) is -0.337. The average molecular weight is 278 g/mol. The third-order valence-corrected chi connectivity index (χ3v) is 3.76. The van der Waals surface area contributed by atoms with Gasteiger partial charge in [0.25, 0.3) is 0 Å². The van der Waals surface area contributed by atoms with Crippen LogP contribution in [-0.2, 0) is 16.2 Å². The normalized spacial score (nSPS) is 29.1. The molecular weight excluding hydrogens is 260 g/mol. The van der Waals surface area contributed by atoms with Gasteiger partial charge in [0.15, 0.2) is 0 Å². The highest BCUT2D eigenvalue weighted by molar-refractivity contribution is 5.70. The van der Waals surface area contributed by atoms with Gasteiger partial charge in [-0.1, -0.05) is 30.3 Å². The van der Waals surface area contributed by atoms with Crippen molar-refractivity contribution in [3.8, 4) is 0 Å². The largest absolute Gasteiger partial charge is 0.447 e. The lowest BCUT2D eigenvalue weighted by molar-refractivity contribution is -0.0588. The molecule has 0 aromatic heterocycles. The van der Waals surface area contributed by atoms with E-state index in [0.717, 1.165) is 5.56 Å². The molecule has 6 nitrogen and oxygen atoms in total. The number of aliphatic hydroxyl groups is 1. The Bertz CT molecular complexity index is 468. The third kappa shape index (κ3) is 2.77. The zero-order chi connectivity index (χ0) is 13.9. The summed E-state index contributed by atoms with van der Waals surface area (Å²) in [4.78, 5) is 18.6. The van der Waals surface area contributed by atoms with Crippen molar-refractivity contribution in [2.75, 3.05) is 13.2 Å². The summed E-state index contributed by atoms with van der Waals surface area (Å²) in [6, 6.07) is 9.46. The van der Waals surface area contributed by atoms with E-state index in [9.17, 15) is 9.90 Å². The number of piperidine rings is 1. The highest BCUT2D eigenvalue weighted by atomic mass is 16.6. The summed E-state index contributed by atoms with van der Waals surface area (Å²) in [7, 11) is 0. The minimum Gasteiger partial charge on any atom is -0.447 e. The van der Waals surface area contributed by atoms with Gasteiger partial charge in [-0.25, -0.2) is 4.79 Å². The lowest BCUT2D eigenvalue weighted by Crippen LogP contribution is -2.56. The summed E-state index contributed by atoms with van der Waals surface area (Å²) in [5.41, 5.74) is 3.90. The first-order valence-corrected chi connectivity index (χ1v) is 6.77. The van der Waals surface area contributed by atoms with Crippen LogP contribution in [0, 0.1) is 0 Å². The van der Waals surface area contributed by atoms with Crippen molar-refractivity contribution in [2.45, 2.75) is 31.2 Å². The molecule has 0 aliphatic carbocycles.